The predicted molar refractivity (Wildman–Crippen MR) is 110 cm³/mol. The number of alkyl halides is 4. The van der Waals surface area contributed by atoms with Crippen LogP contribution < -0.4 is 10.9 Å². The van der Waals surface area contributed by atoms with Gasteiger partial charge in [-0.05, 0) is 26.7 Å². The second-order valence-electron chi connectivity index (χ2n) is 8.27. The number of benzene rings is 1. The van der Waals surface area contributed by atoms with Gasteiger partial charge in [-0.25, -0.2) is 31.9 Å². The molecule has 32 heavy (non-hydrogen) atoms. The maximum Gasteiger partial charge on any atom is 0.273 e. The van der Waals surface area contributed by atoms with Crippen LogP contribution in [0.15, 0.2) is 35.3 Å². The van der Waals surface area contributed by atoms with Gasteiger partial charge in [-0.3, -0.25) is 4.79 Å². The van der Waals surface area contributed by atoms with Crippen molar-refractivity contribution in [3.63, 3.8) is 0 Å². The van der Waals surface area contributed by atoms with Crippen molar-refractivity contribution in [2.45, 2.75) is 57.5 Å². The number of pyridine rings is 1. The third-order valence-corrected chi connectivity index (χ3v) is 5.81. The van der Waals surface area contributed by atoms with E-state index in [1.54, 1.807) is 13.8 Å². The maximum absolute atomic E-state index is 14.8. The molecule has 1 saturated carbocycles. The Kier molecular flexibility index (Phi) is 5.21. The van der Waals surface area contributed by atoms with Crippen molar-refractivity contribution in [3.8, 4) is 0 Å². The Morgan fingerprint density at radius 2 is 1.91 bits per heavy atom. The van der Waals surface area contributed by atoms with Gasteiger partial charge in [-0.15, -0.1) is 0 Å². The average Bonchev–Trinajstić information content (AvgIpc) is 3.48. The van der Waals surface area contributed by atoms with Crippen LogP contribution in [0.4, 0.5) is 27.8 Å². The van der Waals surface area contributed by atoms with Gasteiger partial charge in [-0.2, -0.15) is 0 Å². The van der Waals surface area contributed by atoms with Gasteiger partial charge in [-0.1, -0.05) is 18.2 Å². The molecule has 10 heteroatoms. The van der Waals surface area contributed by atoms with Crippen LogP contribution >= 0.6 is 0 Å². The zero-order chi connectivity index (χ0) is 23.4. The number of halogens is 5. The Morgan fingerprint density at radius 3 is 2.50 bits per heavy atom. The van der Waals surface area contributed by atoms with Gasteiger partial charge in [0.1, 0.15) is 23.0 Å². The molecule has 0 aliphatic heterocycles. The lowest BCUT2D eigenvalue weighted by Gasteiger charge is -2.21. The molecule has 1 aromatic carbocycles. The fourth-order valence-corrected chi connectivity index (χ4v) is 3.88. The van der Waals surface area contributed by atoms with Crippen molar-refractivity contribution in [3.05, 3.63) is 63.6 Å². The van der Waals surface area contributed by atoms with E-state index in [1.807, 2.05) is 0 Å². The van der Waals surface area contributed by atoms with E-state index in [4.69, 9.17) is 0 Å². The molecule has 1 aliphatic rings. The third-order valence-electron chi connectivity index (χ3n) is 5.81. The minimum Gasteiger partial charge on any atom is -0.363 e. The third kappa shape index (κ3) is 3.71. The van der Waals surface area contributed by atoms with Crippen LogP contribution in [-0.2, 0) is 11.5 Å². The summed E-state index contributed by atoms with van der Waals surface area (Å²) in [4.78, 5) is 21.0. The summed E-state index contributed by atoms with van der Waals surface area (Å²) in [5.74, 6) is -3.91. The fraction of sp³-hybridized carbons (Fsp3) is 0.409. The summed E-state index contributed by atoms with van der Waals surface area (Å²) in [6, 6.07) is 4.11. The van der Waals surface area contributed by atoms with E-state index >= 15 is 0 Å². The van der Waals surface area contributed by atoms with E-state index in [9.17, 15) is 26.7 Å². The lowest BCUT2D eigenvalue weighted by atomic mass is 10.0. The van der Waals surface area contributed by atoms with Gasteiger partial charge < -0.3 is 9.88 Å². The highest BCUT2D eigenvalue weighted by Gasteiger charge is 2.53. The Morgan fingerprint density at radius 1 is 1.22 bits per heavy atom. The normalized spacial score (nSPS) is 16.4. The summed E-state index contributed by atoms with van der Waals surface area (Å²) in [6.45, 7) is 3.77. The summed E-state index contributed by atoms with van der Waals surface area (Å²) >= 11 is 0. The molecule has 4 rings (SSSR count). The van der Waals surface area contributed by atoms with Crippen molar-refractivity contribution in [1.29, 1.82) is 0 Å². The number of aromatic nitrogens is 3. The van der Waals surface area contributed by atoms with Crippen LogP contribution in [0.3, 0.4) is 0 Å². The Bertz CT molecular complexity index is 1250. The first-order valence-electron chi connectivity index (χ1n) is 10.1. The van der Waals surface area contributed by atoms with E-state index in [0.717, 1.165) is 10.6 Å². The first-order valence-corrected chi connectivity index (χ1v) is 10.1. The summed E-state index contributed by atoms with van der Waals surface area (Å²) in [5, 5.41) is 3.27. The number of nitrogens with zero attached hydrogens (tertiary/aromatic N) is 3. The largest absolute Gasteiger partial charge is 0.363 e. The standard InChI is InChI=1S/C22H21F5N4O/c1-11(13-5-4-6-15(18(13)23)21(3,26)27)28-19-14-10-31(22(7-8-22)20(24)25)17(32)9-16(14)29-12(2)30-19/h4-6,9-11,20H,7-8H2,1-3H3,(H,28,29,30). The number of hydrogen-bond acceptors (Lipinski definition) is 4. The van der Waals surface area contributed by atoms with E-state index in [2.05, 4.69) is 15.3 Å². The molecule has 170 valence electrons. The highest BCUT2D eigenvalue weighted by atomic mass is 19.3. The van der Waals surface area contributed by atoms with Gasteiger partial charge >= 0.3 is 0 Å². The highest BCUT2D eigenvalue weighted by Crippen LogP contribution is 2.48. The molecule has 5 nitrogen and oxygen atoms in total. The fourth-order valence-electron chi connectivity index (χ4n) is 3.88. The summed E-state index contributed by atoms with van der Waals surface area (Å²) < 4.78 is 70.5. The number of anilines is 1. The van der Waals surface area contributed by atoms with Crippen molar-refractivity contribution in [2.24, 2.45) is 0 Å². The number of fused-ring (bicyclic) bond motifs is 1. The summed E-state index contributed by atoms with van der Waals surface area (Å²) in [7, 11) is 0. The quantitative estimate of drug-likeness (QED) is 0.517. The lowest BCUT2D eigenvalue weighted by Crippen LogP contribution is -2.35. The second kappa shape index (κ2) is 7.53. The molecule has 3 aromatic rings. The van der Waals surface area contributed by atoms with Gasteiger partial charge in [0.2, 0.25) is 0 Å². The Hall–Kier alpha value is -3.04. The maximum atomic E-state index is 14.8. The van der Waals surface area contributed by atoms with Crippen LogP contribution in [0.1, 0.15) is 49.7 Å². The average molecular weight is 452 g/mol. The topological polar surface area (TPSA) is 59.8 Å². The molecule has 2 heterocycles. The van der Waals surface area contributed by atoms with Crippen molar-refractivity contribution in [1.82, 2.24) is 14.5 Å². The molecule has 0 radical (unpaired) electrons. The van der Waals surface area contributed by atoms with E-state index < -0.39 is 40.9 Å². The second-order valence-corrected chi connectivity index (χ2v) is 8.27. The molecule has 1 fully saturated rings. The number of rotatable bonds is 6. The number of aryl methyl sites for hydroxylation is 1. The van der Waals surface area contributed by atoms with E-state index in [1.165, 1.54) is 24.4 Å². The van der Waals surface area contributed by atoms with Crippen LogP contribution in [0, 0.1) is 12.7 Å². The Balaban J connectivity index is 1.79. The highest BCUT2D eigenvalue weighted by molar-refractivity contribution is 5.88. The minimum absolute atomic E-state index is 0.00648. The van der Waals surface area contributed by atoms with Crippen LogP contribution in [0.5, 0.6) is 0 Å². The molecule has 1 unspecified atom stereocenters. The Labute approximate surface area is 180 Å². The first-order chi connectivity index (χ1) is 14.9. The van der Waals surface area contributed by atoms with Crippen LogP contribution in [0.2, 0.25) is 0 Å². The predicted octanol–water partition coefficient (Wildman–Crippen LogP) is 5.28. The van der Waals surface area contributed by atoms with Gasteiger partial charge in [0, 0.05) is 24.8 Å². The van der Waals surface area contributed by atoms with Gasteiger partial charge in [0.25, 0.3) is 17.9 Å². The minimum atomic E-state index is -3.36. The summed E-state index contributed by atoms with van der Waals surface area (Å²) in [6.07, 6.45) is -1.08. The molecule has 1 aliphatic carbocycles. The van der Waals surface area contributed by atoms with Crippen molar-refractivity contribution >= 4 is 16.7 Å². The molecule has 0 spiro atoms. The van der Waals surface area contributed by atoms with Crippen LogP contribution in [0.25, 0.3) is 10.9 Å². The molecule has 1 N–H and O–H groups in total. The van der Waals surface area contributed by atoms with Crippen molar-refractivity contribution < 1.29 is 22.0 Å². The van der Waals surface area contributed by atoms with Gasteiger partial charge in [0.15, 0.2) is 0 Å². The molecule has 0 saturated heterocycles. The molecule has 1 atom stereocenters. The smallest absolute Gasteiger partial charge is 0.273 e. The number of nitrogens with one attached hydrogen (secondary N) is 1. The van der Waals surface area contributed by atoms with Crippen LogP contribution in [-0.4, -0.2) is 21.0 Å². The first kappa shape index (κ1) is 22.2. The monoisotopic (exact) mass is 452 g/mol. The molecular formula is C22H21F5N4O. The molecule has 0 amide bonds. The zero-order valence-electron chi connectivity index (χ0n) is 17.6. The molecular weight excluding hydrogens is 431 g/mol. The molecule has 0 bridgehead atoms. The SMILES string of the molecule is Cc1nc(NC(C)c2cccc(C(C)(F)F)c2F)c2cn(C3(C(F)F)CC3)c(=O)cc2n1. The van der Waals surface area contributed by atoms with E-state index in [0.29, 0.717) is 18.1 Å². The van der Waals surface area contributed by atoms with Crippen molar-refractivity contribution in [2.75, 3.05) is 5.32 Å². The zero-order valence-corrected chi connectivity index (χ0v) is 17.6. The number of hydrogen-bond donors (Lipinski definition) is 1. The summed E-state index contributed by atoms with van der Waals surface area (Å²) in [5.41, 5.74) is -2.64. The lowest BCUT2D eigenvalue weighted by molar-refractivity contribution is 0.0136. The van der Waals surface area contributed by atoms with Gasteiger partial charge in [0.05, 0.1) is 22.5 Å². The molecule has 2 aromatic heterocycles. The van der Waals surface area contributed by atoms with E-state index in [-0.39, 0.29) is 29.7 Å².